The summed E-state index contributed by atoms with van der Waals surface area (Å²) in [6.07, 6.45) is 0. The molecule has 4 rings (SSSR count). The number of amides is 1. The maximum absolute atomic E-state index is 13.5. The Labute approximate surface area is 193 Å². The van der Waals surface area contributed by atoms with Crippen molar-refractivity contribution in [2.45, 2.75) is 17.5 Å². The number of methoxy groups -OCH3 is 1. The van der Waals surface area contributed by atoms with Gasteiger partial charge in [0.05, 0.1) is 30.9 Å². The number of hydrogen-bond donors (Lipinski definition) is 0. The van der Waals surface area contributed by atoms with Crippen LogP contribution in [0.1, 0.15) is 27.5 Å². The molecule has 1 heterocycles. The largest absolute Gasteiger partial charge is 0.465 e. The first-order valence-electron chi connectivity index (χ1n) is 10.5. The summed E-state index contributed by atoms with van der Waals surface area (Å²) in [6, 6.07) is 25.6. The molecule has 1 aliphatic heterocycles. The third-order valence-corrected chi connectivity index (χ3v) is 6.66. The van der Waals surface area contributed by atoms with Gasteiger partial charge in [-0.05, 0) is 42.4 Å². The second-order valence-corrected chi connectivity index (χ2v) is 8.89. The molecular weight excluding hydrogens is 420 g/mol. The first-order valence-corrected chi connectivity index (χ1v) is 11.5. The molecule has 0 aliphatic carbocycles. The Kier molecular flexibility index (Phi) is 6.93. The zero-order valence-corrected chi connectivity index (χ0v) is 19.0. The SMILES string of the molecule is COC(=O)c1ccc(CN(C)CC(=O)N2c3ccccc3SC[C@@H]2c2ccccc2)cc1. The quantitative estimate of drug-likeness (QED) is 0.510. The molecule has 3 aromatic rings. The van der Waals surface area contributed by atoms with E-state index in [1.165, 1.54) is 7.11 Å². The molecule has 3 aromatic carbocycles. The zero-order valence-electron chi connectivity index (χ0n) is 18.2. The number of hydrogen-bond acceptors (Lipinski definition) is 5. The normalized spacial score (nSPS) is 15.3. The van der Waals surface area contributed by atoms with Crippen LogP contribution < -0.4 is 4.90 Å². The van der Waals surface area contributed by atoms with Crippen molar-refractivity contribution in [3.05, 3.63) is 95.6 Å². The average Bonchev–Trinajstić information content (AvgIpc) is 2.83. The van der Waals surface area contributed by atoms with E-state index in [-0.39, 0.29) is 17.9 Å². The maximum atomic E-state index is 13.5. The van der Waals surface area contributed by atoms with Gasteiger partial charge in [-0.1, -0.05) is 54.6 Å². The van der Waals surface area contributed by atoms with Crippen molar-refractivity contribution in [2.75, 3.05) is 31.4 Å². The highest BCUT2D eigenvalue weighted by atomic mass is 32.2. The Balaban J connectivity index is 1.51. The van der Waals surface area contributed by atoms with Gasteiger partial charge in [-0.2, -0.15) is 0 Å². The maximum Gasteiger partial charge on any atom is 0.337 e. The van der Waals surface area contributed by atoms with E-state index < -0.39 is 0 Å². The van der Waals surface area contributed by atoms with Crippen molar-refractivity contribution in [3.63, 3.8) is 0 Å². The fraction of sp³-hybridized carbons (Fsp3) is 0.231. The predicted octanol–water partition coefficient (Wildman–Crippen LogP) is 4.79. The first-order chi connectivity index (χ1) is 15.6. The number of carbonyl (C=O) groups is 2. The molecule has 0 bridgehead atoms. The van der Waals surface area contributed by atoms with Crippen LogP contribution >= 0.6 is 11.8 Å². The molecule has 0 aromatic heterocycles. The number of anilines is 1. The minimum absolute atomic E-state index is 0.00339. The van der Waals surface area contributed by atoms with Crippen molar-refractivity contribution in [1.29, 1.82) is 0 Å². The van der Waals surface area contributed by atoms with E-state index in [4.69, 9.17) is 4.74 Å². The third kappa shape index (κ3) is 4.87. The van der Waals surface area contributed by atoms with Crippen molar-refractivity contribution in [1.82, 2.24) is 4.90 Å². The number of rotatable bonds is 6. The van der Waals surface area contributed by atoms with Gasteiger partial charge in [-0.15, -0.1) is 11.8 Å². The fourth-order valence-electron chi connectivity index (χ4n) is 3.96. The first kappa shape index (κ1) is 22.1. The van der Waals surface area contributed by atoms with Crippen LogP contribution in [0.3, 0.4) is 0 Å². The third-order valence-electron chi connectivity index (χ3n) is 5.52. The Morgan fingerprint density at radius 3 is 2.41 bits per heavy atom. The van der Waals surface area contributed by atoms with E-state index >= 15 is 0 Å². The lowest BCUT2D eigenvalue weighted by molar-refractivity contribution is -0.120. The highest BCUT2D eigenvalue weighted by Gasteiger charge is 2.32. The number of para-hydroxylation sites is 1. The molecule has 0 N–H and O–H groups in total. The van der Waals surface area contributed by atoms with Gasteiger partial charge in [0.25, 0.3) is 0 Å². The minimum Gasteiger partial charge on any atom is -0.465 e. The smallest absolute Gasteiger partial charge is 0.337 e. The highest BCUT2D eigenvalue weighted by Crippen LogP contribution is 2.43. The van der Waals surface area contributed by atoms with Crippen LogP contribution in [0.25, 0.3) is 0 Å². The minimum atomic E-state index is -0.353. The van der Waals surface area contributed by atoms with Crippen molar-refractivity contribution in [3.8, 4) is 0 Å². The Morgan fingerprint density at radius 2 is 1.69 bits per heavy atom. The number of carbonyl (C=O) groups excluding carboxylic acids is 2. The second-order valence-electron chi connectivity index (χ2n) is 7.83. The Bertz CT molecular complexity index is 1090. The monoisotopic (exact) mass is 446 g/mol. The average molecular weight is 447 g/mol. The van der Waals surface area contributed by atoms with Crippen molar-refractivity contribution in [2.24, 2.45) is 0 Å². The van der Waals surface area contributed by atoms with Crippen molar-refractivity contribution < 1.29 is 14.3 Å². The lowest BCUT2D eigenvalue weighted by Gasteiger charge is -2.38. The molecule has 0 spiro atoms. The van der Waals surface area contributed by atoms with Crippen LogP contribution in [-0.4, -0.2) is 43.2 Å². The standard InChI is InChI=1S/C26H26N2O3S/c1-27(16-19-12-14-21(15-13-19)26(30)31-2)17-25(29)28-22-10-6-7-11-24(22)32-18-23(28)20-8-4-3-5-9-20/h3-15,23H,16-18H2,1-2H3/t23-/m1/s1. The van der Waals surface area contributed by atoms with E-state index in [9.17, 15) is 9.59 Å². The number of likely N-dealkylation sites (N-methyl/N-ethyl adjacent to an activating group) is 1. The number of esters is 1. The molecule has 1 amide bonds. The number of benzene rings is 3. The van der Waals surface area contributed by atoms with Crippen LogP contribution in [0.2, 0.25) is 0 Å². The van der Waals surface area contributed by atoms with Gasteiger partial charge in [0.1, 0.15) is 0 Å². The molecule has 0 saturated carbocycles. The van der Waals surface area contributed by atoms with Crippen LogP contribution in [0.5, 0.6) is 0 Å². The molecule has 0 fully saturated rings. The van der Waals surface area contributed by atoms with Crippen LogP contribution in [0, 0.1) is 0 Å². The zero-order chi connectivity index (χ0) is 22.5. The van der Waals surface area contributed by atoms with E-state index in [1.807, 2.05) is 65.4 Å². The summed E-state index contributed by atoms with van der Waals surface area (Å²) in [5.41, 5.74) is 3.66. The van der Waals surface area contributed by atoms with Gasteiger partial charge in [-0.3, -0.25) is 9.69 Å². The summed E-state index contributed by atoms with van der Waals surface area (Å²) in [6.45, 7) is 0.897. The van der Waals surface area contributed by atoms with Crippen molar-refractivity contribution >= 4 is 29.3 Å². The number of ether oxygens (including phenoxy) is 1. The van der Waals surface area contributed by atoms with E-state index in [2.05, 4.69) is 18.2 Å². The fourth-order valence-corrected chi connectivity index (χ4v) is 5.12. The molecule has 164 valence electrons. The van der Waals surface area contributed by atoms with Crippen LogP contribution in [0.4, 0.5) is 5.69 Å². The van der Waals surface area contributed by atoms with Gasteiger partial charge in [-0.25, -0.2) is 4.79 Å². The van der Waals surface area contributed by atoms with Gasteiger partial charge < -0.3 is 9.64 Å². The molecule has 5 nitrogen and oxygen atoms in total. The second kappa shape index (κ2) is 10.0. The molecule has 0 saturated heterocycles. The Morgan fingerprint density at radius 1 is 1.00 bits per heavy atom. The summed E-state index contributed by atoms with van der Waals surface area (Å²) in [4.78, 5) is 30.3. The highest BCUT2D eigenvalue weighted by molar-refractivity contribution is 7.99. The molecule has 32 heavy (non-hydrogen) atoms. The number of thioether (sulfide) groups is 1. The molecule has 0 unspecified atom stereocenters. The number of nitrogens with zero attached hydrogens (tertiary/aromatic N) is 2. The Hall–Kier alpha value is -3.09. The topological polar surface area (TPSA) is 49.9 Å². The molecule has 6 heteroatoms. The van der Waals surface area contributed by atoms with Gasteiger partial charge in [0, 0.05) is 17.2 Å². The van der Waals surface area contributed by atoms with Crippen LogP contribution in [0.15, 0.2) is 83.8 Å². The summed E-state index contributed by atoms with van der Waals surface area (Å²) >= 11 is 1.79. The lowest BCUT2D eigenvalue weighted by atomic mass is 10.1. The number of fused-ring (bicyclic) bond motifs is 1. The molecule has 1 atom stereocenters. The van der Waals surface area contributed by atoms with E-state index in [0.717, 1.165) is 27.5 Å². The summed E-state index contributed by atoms with van der Waals surface area (Å²) in [5, 5.41) is 0. The molecule has 0 radical (unpaired) electrons. The van der Waals surface area contributed by atoms with Gasteiger partial charge in [0.15, 0.2) is 0 Å². The van der Waals surface area contributed by atoms with E-state index in [1.54, 1.807) is 23.9 Å². The van der Waals surface area contributed by atoms with Gasteiger partial charge >= 0.3 is 5.97 Å². The van der Waals surface area contributed by atoms with Gasteiger partial charge in [0.2, 0.25) is 5.91 Å². The summed E-state index contributed by atoms with van der Waals surface area (Å²) in [7, 11) is 3.31. The summed E-state index contributed by atoms with van der Waals surface area (Å²) < 4.78 is 4.75. The molecular formula is C26H26N2O3S. The summed E-state index contributed by atoms with van der Waals surface area (Å²) in [5.74, 6) is 0.541. The lowest BCUT2D eigenvalue weighted by Crippen LogP contribution is -2.43. The van der Waals surface area contributed by atoms with Crippen LogP contribution in [-0.2, 0) is 16.1 Å². The predicted molar refractivity (Wildman–Crippen MR) is 128 cm³/mol. The van der Waals surface area contributed by atoms with E-state index in [0.29, 0.717) is 18.7 Å². The molecule has 1 aliphatic rings.